The monoisotopic (exact) mass is 527 g/mol. The van der Waals surface area contributed by atoms with E-state index in [2.05, 4.69) is 63.9 Å². The van der Waals surface area contributed by atoms with Gasteiger partial charge < -0.3 is 24.4 Å². The van der Waals surface area contributed by atoms with E-state index in [0.29, 0.717) is 10.8 Å². The summed E-state index contributed by atoms with van der Waals surface area (Å²) in [6, 6.07) is 23.0. The number of aryl methyl sites for hydroxylation is 1. The molecule has 0 saturated carbocycles. The highest BCUT2D eigenvalue weighted by Crippen LogP contribution is 2.44. The van der Waals surface area contributed by atoms with Crippen LogP contribution in [-0.2, 0) is 4.74 Å². The SMILES string of the molecule is Cc1cc([C@@H]2[C@@H](c3ccccn3)NC(=S)N2c2ccccc2F)c(C)n1-c1ccc(N2CCOCC2)cc1. The van der Waals surface area contributed by atoms with Gasteiger partial charge in [-0.15, -0.1) is 0 Å². The van der Waals surface area contributed by atoms with Crippen LogP contribution >= 0.6 is 12.2 Å². The summed E-state index contributed by atoms with van der Waals surface area (Å²) in [4.78, 5) is 8.88. The third-order valence-corrected chi connectivity index (χ3v) is 7.80. The Morgan fingerprint density at radius 3 is 2.37 bits per heavy atom. The molecule has 6 rings (SSSR count). The average molecular weight is 528 g/mol. The van der Waals surface area contributed by atoms with Crippen molar-refractivity contribution in [2.45, 2.75) is 25.9 Å². The average Bonchev–Trinajstić information content (AvgIpc) is 3.44. The standard InChI is InChI=1S/C30H30FN5OS/c1-20-19-24(21(2)35(20)23-12-10-22(11-13-23)34-15-17-37-18-16-34)29-28(26-8-5-6-14-32-26)33-30(38)36(29)27-9-4-3-7-25(27)31/h3-14,19,28-29H,15-18H2,1-2H3,(H,33,38)/t28-,29-/m1/s1. The Bertz CT molecular complexity index is 1450. The molecule has 0 aliphatic carbocycles. The van der Waals surface area contributed by atoms with E-state index in [9.17, 15) is 0 Å². The molecular weight excluding hydrogens is 497 g/mol. The summed E-state index contributed by atoms with van der Waals surface area (Å²) in [6.07, 6.45) is 1.78. The third kappa shape index (κ3) is 4.33. The summed E-state index contributed by atoms with van der Waals surface area (Å²) in [6.45, 7) is 7.55. The maximum Gasteiger partial charge on any atom is 0.174 e. The highest BCUT2D eigenvalue weighted by atomic mass is 32.1. The Hall–Kier alpha value is -3.75. The van der Waals surface area contributed by atoms with Crippen molar-refractivity contribution in [3.63, 3.8) is 0 Å². The molecule has 0 spiro atoms. The van der Waals surface area contributed by atoms with Crippen molar-refractivity contribution in [2.75, 3.05) is 36.1 Å². The molecule has 2 aliphatic heterocycles. The molecule has 0 radical (unpaired) electrons. The molecule has 2 fully saturated rings. The Morgan fingerprint density at radius 1 is 0.947 bits per heavy atom. The summed E-state index contributed by atoms with van der Waals surface area (Å²) >= 11 is 5.79. The quantitative estimate of drug-likeness (QED) is 0.339. The van der Waals surface area contributed by atoms with Gasteiger partial charge in [-0.3, -0.25) is 4.98 Å². The number of hydrogen-bond acceptors (Lipinski definition) is 4. The first-order valence-corrected chi connectivity index (χ1v) is 13.3. The minimum Gasteiger partial charge on any atom is -0.378 e. The van der Waals surface area contributed by atoms with E-state index in [0.717, 1.165) is 54.6 Å². The predicted octanol–water partition coefficient (Wildman–Crippen LogP) is 5.64. The molecule has 194 valence electrons. The molecule has 8 heteroatoms. The lowest BCUT2D eigenvalue weighted by Gasteiger charge is -2.29. The number of nitrogens with one attached hydrogen (secondary N) is 1. The molecule has 38 heavy (non-hydrogen) atoms. The van der Waals surface area contributed by atoms with Crippen molar-refractivity contribution in [1.82, 2.24) is 14.9 Å². The molecule has 2 aliphatic rings. The number of halogens is 1. The molecule has 4 heterocycles. The summed E-state index contributed by atoms with van der Waals surface area (Å²) in [7, 11) is 0. The van der Waals surface area contributed by atoms with Gasteiger partial charge in [0.05, 0.1) is 36.7 Å². The van der Waals surface area contributed by atoms with Crippen molar-refractivity contribution in [2.24, 2.45) is 0 Å². The topological polar surface area (TPSA) is 45.6 Å². The fraction of sp³-hybridized carbons (Fsp3) is 0.267. The molecular formula is C30H30FN5OS. The second-order valence-electron chi connectivity index (χ2n) is 9.73. The second-order valence-corrected chi connectivity index (χ2v) is 10.1. The van der Waals surface area contributed by atoms with Crippen LogP contribution in [0.1, 0.15) is 34.7 Å². The van der Waals surface area contributed by atoms with Crippen molar-refractivity contribution < 1.29 is 9.13 Å². The smallest absolute Gasteiger partial charge is 0.174 e. The van der Waals surface area contributed by atoms with E-state index in [-0.39, 0.29) is 17.9 Å². The summed E-state index contributed by atoms with van der Waals surface area (Å²) in [5.41, 5.74) is 6.86. The molecule has 4 aromatic rings. The first kappa shape index (κ1) is 24.6. The fourth-order valence-corrected chi connectivity index (χ4v) is 6.03. The van der Waals surface area contributed by atoms with Crippen molar-refractivity contribution in [3.05, 3.63) is 107 Å². The van der Waals surface area contributed by atoms with Crippen molar-refractivity contribution in [3.8, 4) is 5.69 Å². The molecule has 0 bridgehead atoms. The zero-order valence-electron chi connectivity index (χ0n) is 21.5. The van der Waals surface area contributed by atoms with Gasteiger partial charge in [0.2, 0.25) is 0 Å². The number of anilines is 2. The van der Waals surface area contributed by atoms with E-state index in [1.807, 2.05) is 29.2 Å². The highest BCUT2D eigenvalue weighted by molar-refractivity contribution is 7.80. The first-order chi connectivity index (χ1) is 18.5. The van der Waals surface area contributed by atoms with Crippen LogP contribution in [0.5, 0.6) is 0 Å². The predicted molar refractivity (Wildman–Crippen MR) is 153 cm³/mol. The van der Waals surface area contributed by atoms with E-state index >= 15 is 4.39 Å². The van der Waals surface area contributed by atoms with Crippen LogP contribution < -0.4 is 15.1 Å². The fourth-order valence-electron chi connectivity index (χ4n) is 5.70. The largest absolute Gasteiger partial charge is 0.378 e. The van der Waals surface area contributed by atoms with Gasteiger partial charge in [0, 0.05) is 42.0 Å². The number of hydrogen-bond donors (Lipinski definition) is 1. The number of aromatic nitrogens is 2. The Morgan fingerprint density at radius 2 is 1.66 bits per heavy atom. The molecule has 2 saturated heterocycles. The van der Waals surface area contributed by atoms with Gasteiger partial charge in [-0.25, -0.2) is 4.39 Å². The normalized spacial score (nSPS) is 19.6. The number of pyridine rings is 1. The van der Waals surface area contributed by atoms with Crippen LogP contribution in [-0.4, -0.2) is 41.0 Å². The summed E-state index contributed by atoms with van der Waals surface area (Å²) in [5.74, 6) is -0.309. The Kier molecular flexibility index (Phi) is 6.59. The second kappa shape index (κ2) is 10.2. The number of para-hydroxylation sites is 1. The van der Waals surface area contributed by atoms with E-state index in [1.165, 1.54) is 11.8 Å². The van der Waals surface area contributed by atoms with Gasteiger partial charge in [-0.2, -0.15) is 0 Å². The number of morpholine rings is 1. The molecule has 6 nitrogen and oxygen atoms in total. The highest BCUT2D eigenvalue weighted by Gasteiger charge is 2.43. The van der Waals surface area contributed by atoms with Gasteiger partial charge in [-0.1, -0.05) is 18.2 Å². The summed E-state index contributed by atoms with van der Waals surface area (Å²) < 4.78 is 22.9. The molecule has 0 unspecified atom stereocenters. The number of ether oxygens (including phenoxy) is 1. The van der Waals surface area contributed by atoms with Crippen LogP contribution in [0.25, 0.3) is 5.69 Å². The van der Waals surface area contributed by atoms with Gasteiger partial charge in [0.1, 0.15) is 5.82 Å². The number of rotatable bonds is 5. The lowest BCUT2D eigenvalue weighted by Crippen LogP contribution is -2.36. The molecule has 2 aromatic carbocycles. The lowest BCUT2D eigenvalue weighted by molar-refractivity contribution is 0.122. The van der Waals surface area contributed by atoms with E-state index in [1.54, 1.807) is 18.3 Å². The molecule has 1 N–H and O–H groups in total. The number of benzene rings is 2. The van der Waals surface area contributed by atoms with E-state index < -0.39 is 0 Å². The van der Waals surface area contributed by atoms with Crippen LogP contribution in [0, 0.1) is 19.7 Å². The summed E-state index contributed by atoms with van der Waals surface area (Å²) in [5, 5.41) is 3.92. The zero-order valence-corrected chi connectivity index (χ0v) is 22.3. The van der Waals surface area contributed by atoms with Gasteiger partial charge in [0.15, 0.2) is 5.11 Å². The van der Waals surface area contributed by atoms with Gasteiger partial charge >= 0.3 is 0 Å². The minimum absolute atomic E-state index is 0.235. The van der Waals surface area contributed by atoms with Crippen LogP contribution in [0.4, 0.5) is 15.8 Å². The van der Waals surface area contributed by atoms with E-state index in [4.69, 9.17) is 17.0 Å². The van der Waals surface area contributed by atoms with Crippen molar-refractivity contribution in [1.29, 1.82) is 0 Å². The van der Waals surface area contributed by atoms with Crippen molar-refractivity contribution >= 4 is 28.7 Å². The maximum atomic E-state index is 15.1. The lowest BCUT2D eigenvalue weighted by atomic mass is 9.96. The molecule has 0 amide bonds. The molecule has 2 atom stereocenters. The minimum atomic E-state index is -0.309. The van der Waals surface area contributed by atoms with Crippen LogP contribution in [0.2, 0.25) is 0 Å². The molecule has 2 aromatic heterocycles. The van der Waals surface area contributed by atoms with Crippen LogP contribution in [0.15, 0.2) is 79.0 Å². The number of nitrogens with zero attached hydrogens (tertiary/aromatic N) is 4. The maximum absolute atomic E-state index is 15.1. The van der Waals surface area contributed by atoms with Gasteiger partial charge in [0.25, 0.3) is 0 Å². The van der Waals surface area contributed by atoms with Crippen LogP contribution in [0.3, 0.4) is 0 Å². The Balaban J connectivity index is 1.43. The first-order valence-electron chi connectivity index (χ1n) is 12.9. The van der Waals surface area contributed by atoms with Gasteiger partial charge in [-0.05, 0) is 86.2 Å². The Labute approximate surface area is 227 Å². The zero-order chi connectivity index (χ0) is 26.2. The third-order valence-electron chi connectivity index (χ3n) is 7.48. The number of thiocarbonyl (C=S) groups is 1.